The van der Waals surface area contributed by atoms with E-state index < -0.39 is 0 Å². The van der Waals surface area contributed by atoms with Crippen LogP contribution in [0.1, 0.15) is 31.9 Å². The summed E-state index contributed by atoms with van der Waals surface area (Å²) in [5.41, 5.74) is 2.68. The zero-order valence-electron chi connectivity index (χ0n) is 13.3. The number of hydrogen-bond acceptors (Lipinski definition) is 4. The molecular formula is C16H27NO2S. The fourth-order valence-corrected chi connectivity index (χ4v) is 2.62. The third-order valence-electron chi connectivity index (χ3n) is 2.86. The maximum absolute atomic E-state index is 5.44. The molecule has 0 spiro atoms. The van der Waals surface area contributed by atoms with Crippen molar-refractivity contribution >= 4 is 11.8 Å². The van der Waals surface area contributed by atoms with Crippen LogP contribution in [0, 0.1) is 0 Å². The minimum atomic E-state index is 0.132. The van der Waals surface area contributed by atoms with Crippen molar-refractivity contribution in [3.63, 3.8) is 0 Å². The average Bonchev–Trinajstić information content (AvgIpc) is 2.40. The molecule has 1 aromatic carbocycles. The van der Waals surface area contributed by atoms with Gasteiger partial charge in [0.05, 0.1) is 13.7 Å². The van der Waals surface area contributed by atoms with Gasteiger partial charge in [-0.3, -0.25) is 0 Å². The maximum atomic E-state index is 5.44. The highest BCUT2D eigenvalue weighted by molar-refractivity contribution is 7.98. The summed E-state index contributed by atoms with van der Waals surface area (Å²) < 4.78 is 10.5. The highest BCUT2D eigenvalue weighted by atomic mass is 32.2. The number of rotatable bonds is 8. The Morgan fingerprint density at radius 2 is 1.95 bits per heavy atom. The summed E-state index contributed by atoms with van der Waals surface area (Å²) in [7, 11) is 3.46. The molecule has 0 saturated heterocycles. The molecule has 0 bridgehead atoms. The molecule has 0 aromatic heterocycles. The molecule has 0 unspecified atom stereocenters. The van der Waals surface area contributed by atoms with Gasteiger partial charge in [0.15, 0.2) is 0 Å². The van der Waals surface area contributed by atoms with E-state index in [9.17, 15) is 0 Å². The molecule has 0 amide bonds. The van der Waals surface area contributed by atoms with E-state index in [0.717, 1.165) is 30.4 Å². The van der Waals surface area contributed by atoms with Gasteiger partial charge in [0, 0.05) is 36.3 Å². The summed E-state index contributed by atoms with van der Waals surface area (Å²) in [4.78, 5) is 0. The van der Waals surface area contributed by atoms with Crippen LogP contribution in [0.2, 0.25) is 0 Å². The van der Waals surface area contributed by atoms with E-state index in [4.69, 9.17) is 9.47 Å². The third-order valence-corrected chi connectivity index (χ3v) is 3.83. The Bertz CT molecular complexity index is 402. The van der Waals surface area contributed by atoms with Crippen LogP contribution in [0.5, 0.6) is 5.75 Å². The van der Waals surface area contributed by atoms with E-state index >= 15 is 0 Å². The van der Waals surface area contributed by atoms with Gasteiger partial charge in [-0.15, -0.1) is 0 Å². The summed E-state index contributed by atoms with van der Waals surface area (Å²) in [6.45, 7) is 8.20. The van der Waals surface area contributed by atoms with Gasteiger partial charge in [0.2, 0.25) is 0 Å². The number of nitrogens with one attached hydrogen (secondary N) is 1. The minimum absolute atomic E-state index is 0.132. The fourth-order valence-electron chi connectivity index (χ4n) is 1.75. The van der Waals surface area contributed by atoms with Crippen molar-refractivity contribution in [1.29, 1.82) is 0 Å². The molecule has 0 heterocycles. The van der Waals surface area contributed by atoms with Gasteiger partial charge in [-0.2, -0.15) is 11.8 Å². The van der Waals surface area contributed by atoms with Crippen molar-refractivity contribution < 1.29 is 9.47 Å². The van der Waals surface area contributed by atoms with E-state index in [-0.39, 0.29) is 5.54 Å². The van der Waals surface area contributed by atoms with Crippen LogP contribution in [0.4, 0.5) is 0 Å². The topological polar surface area (TPSA) is 30.5 Å². The van der Waals surface area contributed by atoms with Crippen molar-refractivity contribution in [2.75, 3.05) is 26.6 Å². The Hall–Kier alpha value is -0.710. The summed E-state index contributed by atoms with van der Waals surface area (Å²) in [6, 6.07) is 6.42. The van der Waals surface area contributed by atoms with E-state index in [1.54, 1.807) is 14.2 Å². The first-order valence-electron chi connectivity index (χ1n) is 6.94. The van der Waals surface area contributed by atoms with Crippen LogP contribution >= 0.6 is 11.8 Å². The van der Waals surface area contributed by atoms with E-state index in [2.05, 4.69) is 44.3 Å². The number of ether oxygens (including phenoxy) is 2. The summed E-state index contributed by atoms with van der Waals surface area (Å²) in [6.07, 6.45) is 0. The summed E-state index contributed by atoms with van der Waals surface area (Å²) in [5.74, 6) is 2.93. The summed E-state index contributed by atoms with van der Waals surface area (Å²) in [5, 5.41) is 3.51. The zero-order chi connectivity index (χ0) is 15.0. The highest BCUT2D eigenvalue weighted by Gasteiger charge is 2.10. The van der Waals surface area contributed by atoms with E-state index in [1.165, 1.54) is 11.1 Å². The molecule has 0 aliphatic rings. The quantitative estimate of drug-likeness (QED) is 0.744. The standard InChI is InChI=1S/C16H27NO2S/c1-16(2,3)17-11-13-6-7-15(19-5)14(10-13)12-20-9-8-18-4/h6-7,10,17H,8-9,11-12H2,1-5H3. The van der Waals surface area contributed by atoms with Gasteiger partial charge >= 0.3 is 0 Å². The molecule has 0 aliphatic heterocycles. The predicted octanol–water partition coefficient (Wildman–Crippen LogP) is 3.46. The van der Waals surface area contributed by atoms with Crippen molar-refractivity contribution in [1.82, 2.24) is 5.32 Å². The van der Waals surface area contributed by atoms with Crippen LogP contribution in [-0.4, -0.2) is 32.1 Å². The lowest BCUT2D eigenvalue weighted by Gasteiger charge is -2.21. The first-order chi connectivity index (χ1) is 9.46. The van der Waals surface area contributed by atoms with Crippen LogP contribution in [0.3, 0.4) is 0 Å². The van der Waals surface area contributed by atoms with Gasteiger partial charge in [0.25, 0.3) is 0 Å². The largest absolute Gasteiger partial charge is 0.496 e. The average molecular weight is 297 g/mol. The van der Waals surface area contributed by atoms with Crippen molar-refractivity contribution in [3.8, 4) is 5.75 Å². The van der Waals surface area contributed by atoms with Crippen molar-refractivity contribution in [2.24, 2.45) is 0 Å². The van der Waals surface area contributed by atoms with Crippen LogP contribution in [0.25, 0.3) is 0 Å². The Morgan fingerprint density at radius 3 is 2.55 bits per heavy atom. The van der Waals surface area contributed by atoms with Gasteiger partial charge in [-0.1, -0.05) is 6.07 Å². The molecule has 0 saturated carbocycles. The van der Waals surface area contributed by atoms with Crippen molar-refractivity contribution in [3.05, 3.63) is 29.3 Å². The summed E-state index contributed by atoms with van der Waals surface area (Å²) >= 11 is 1.87. The lowest BCUT2D eigenvalue weighted by atomic mass is 10.1. The Balaban J connectivity index is 2.65. The van der Waals surface area contributed by atoms with Crippen LogP contribution < -0.4 is 10.1 Å². The third kappa shape index (κ3) is 6.64. The lowest BCUT2D eigenvalue weighted by molar-refractivity contribution is 0.218. The van der Waals surface area contributed by atoms with Crippen LogP contribution in [0.15, 0.2) is 18.2 Å². The van der Waals surface area contributed by atoms with Crippen LogP contribution in [-0.2, 0) is 17.0 Å². The fraction of sp³-hybridized carbons (Fsp3) is 0.625. The Morgan fingerprint density at radius 1 is 1.20 bits per heavy atom. The smallest absolute Gasteiger partial charge is 0.122 e. The lowest BCUT2D eigenvalue weighted by Crippen LogP contribution is -2.35. The number of methoxy groups -OCH3 is 2. The van der Waals surface area contributed by atoms with Gasteiger partial charge in [0.1, 0.15) is 5.75 Å². The molecule has 114 valence electrons. The van der Waals surface area contributed by atoms with Crippen molar-refractivity contribution in [2.45, 2.75) is 38.6 Å². The molecule has 1 N–H and O–H groups in total. The zero-order valence-corrected chi connectivity index (χ0v) is 14.1. The number of benzene rings is 1. The van der Waals surface area contributed by atoms with Gasteiger partial charge in [-0.25, -0.2) is 0 Å². The van der Waals surface area contributed by atoms with E-state index in [1.807, 2.05) is 11.8 Å². The highest BCUT2D eigenvalue weighted by Crippen LogP contribution is 2.24. The molecule has 3 nitrogen and oxygen atoms in total. The molecule has 0 atom stereocenters. The first-order valence-corrected chi connectivity index (χ1v) is 8.09. The predicted molar refractivity (Wildman–Crippen MR) is 87.6 cm³/mol. The molecule has 1 aromatic rings. The molecule has 1 rings (SSSR count). The molecule has 0 radical (unpaired) electrons. The maximum Gasteiger partial charge on any atom is 0.122 e. The second kappa shape index (κ2) is 8.55. The second-order valence-corrected chi connectivity index (χ2v) is 6.90. The first kappa shape index (κ1) is 17.3. The minimum Gasteiger partial charge on any atom is -0.496 e. The normalized spacial score (nSPS) is 11.7. The number of thioether (sulfide) groups is 1. The molecule has 0 aliphatic carbocycles. The Kier molecular flexibility index (Phi) is 7.41. The monoisotopic (exact) mass is 297 g/mol. The Labute approximate surface area is 127 Å². The van der Waals surface area contributed by atoms with E-state index in [0.29, 0.717) is 0 Å². The molecule has 0 fully saturated rings. The number of hydrogen-bond donors (Lipinski definition) is 1. The van der Waals surface area contributed by atoms with Gasteiger partial charge < -0.3 is 14.8 Å². The van der Waals surface area contributed by atoms with Gasteiger partial charge in [-0.05, 0) is 38.5 Å². The molecule has 20 heavy (non-hydrogen) atoms. The SMILES string of the molecule is COCCSCc1cc(CNC(C)(C)C)ccc1OC. The molecule has 4 heteroatoms. The second-order valence-electron chi connectivity index (χ2n) is 5.80. The molecular weight excluding hydrogens is 270 g/mol.